The average molecular weight is 302 g/mol. The van der Waals surface area contributed by atoms with Crippen molar-refractivity contribution in [2.24, 2.45) is 0 Å². The van der Waals surface area contributed by atoms with E-state index in [0.29, 0.717) is 0 Å². The summed E-state index contributed by atoms with van der Waals surface area (Å²) in [5.74, 6) is 0. The average Bonchev–Trinajstić information content (AvgIpc) is 1.75. The molecule has 0 aliphatic heterocycles. The molecule has 0 nitrogen and oxygen atoms in total. The van der Waals surface area contributed by atoms with E-state index in [2.05, 4.69) is 23.7 Å². The van der Waals surface area contributed by atoms with Gasteiger partial charge in [0.1, 0.15) is 0 Å². The van der Waals surface area contributed by atoms with Gasteiger partial charge in [-0.3, -0.25) is 0 Å². The Kier molecular flexibility index (Phi) is 89.0. The molecule has 0 aromatic rings. The van der Waals surface area contributed by atoms with Crippen molar-refractivity contribution < 1.29 is 18.0 Å². The molecule has 2 heteroatoms. The molecule has 0 atom stereocenters. The van der Waals surface area contributed by atoms with Crippen molar-refractivity contribution in [2.45, 2.75) is 26.7 Å². The fraction of sp³-hybridized carbons (Fsp3) is 0.667. The summed E-state index contributed by atoms with van der Waals surface area (Å²) in [6.07, 6.45) is 2.00. The predicted octanol–water partition coefficient (Wildman–Crippen LogP) is 3.11. The van der Waals surface area contributed by atoms with E-state index in [-0.39, 0.29) is 0 Å². The Morgan fingerprint density at radius 2 is 1.12 bits per heavy atom. The minimum absolute atomic E-state index is 1.00. The van der Waals surface area contributed by atoms with Crippen molar-refractivity contribution in [3.63, 3.8) is 0 Å². The van der Waals surface area contributed by atoms with E-state index < -0.39 is 0 Å². The molecular formula is C6H14SW-2. The van der Waals surface area contributed by atoms with Gasteiger partial charge in [0.15, 0.2) is 0 Å². The molecule has 8 heavy (non-hydrogen) atoms. The van der Waals surface area contributed by atoms with Gasteiger partial charge in [-0.1, -0.05) is 13.8 Å². The van der Waals surface area contributed by atoms with Crippen LogP contribution < -0.4 is 0 Å². The van der Waals surface area contributed by atoms with Crippen LogP contribution in [0.15, 0.2) is 0 Å². The van der Waals surface area contributed by atoms with E-state index in [9.17, 15) is 0 Å². The summed E-state index contributed by atoms with van der Waals surface area (Å²) in [4.78, 5) is 0. The Hall–Kier alpha value is 0.908. The Balaban J connectivity index is -0.0000000483. The second-order valence-corrected chi connectivity index (χ2v) is 1.000. The van der Waals surface area contributed by atoms with Gasteiger partial charge in [0.2, 0.25) is 0 Å². The molecule has 0 bridgehead atoms. The normalized spacial score (nSPS) is 5.00. The van der Waals surface area contributed by atoms with Crippen LogP contribution in [0.4, 0.5) is 0 Å². The molecule has 0 radical (unpaired) electrons. The SMILES string of the molecule is [CH2-]CC.[CH2-]CC.[S]=[W]. The summed E-state index contributed by atoms with van der Waals surface area (Å²) in [6, 6.07) is 0. The molecule has 0 saturated carbocycles. The van der Waals surface area contributed by atoms with Gasteiger partial charge in [0, 0.05) is 0 Å². The quantitative estimate of drug-likeness (QED) is 0.620. The van der Waals surface area contributed by atoms with Gasteiger partial charge in [-0.2, -0.15) is 12.8 Å². The van der Waals surface area contributed by atoms with Crippen LogP contribution in [0.5, 0.6) is 0 Å². The Morgan fingerprint density at radius 1 is 1.12 bits per heavy atom. The van der Waals surface area contributed by atoms with Crippen LogP contribution in [0.2, 0.25) is 0 Å². The van der Waals surface area contributed by atoms with Gasteiger partial charge in [-0.15, -0.1) is 0 Å². The van der Waals surface area contributed by atoms with Crippen molar-refractivity contribution in [3.8, 4) is 0 Å². The Bertz CT molecular complexity index is 16.0. The number of rotatable bonds is 0. The van der Waals surface area contributed by atoms with Gasteiger partial charge in [0.25, 0.3) is 0 Å². The van der Waals surface area contributed by atoms with Crippen molar-refractivity contribution in [3.05, 3.63) is 13.8 Å². The van der Waals surface area contributed by atoms with E-state index in [4.69, 9.17) is 0 Å². The van der Waals surface area contributed by atoms with Crippen LogP contribution in [-0.2, 0) is 18.0 Å². The molecule has 0 aromatic carbocycles. The molecule has 0 fully saturated rings. The molecule has 0 heterocycles. The van der Waals surface area contributed by atoms with Crippen LogP contribution in [0.1, 0.15) is 26.7 Å². The van der Waals surface area contributed by atoms with Crippen LogP contribution in [0, 0.1) is 13.8 Å². The molecule has 0 aliphatic rings. The summed E-state index contributed by atoms with van der Waals surface area (Å²) >= 11 is 1.17. The third kappa shape index (κ3) is 292. The first kappa shape index (κ1) is 16.0. The maximum atomic E-state index is 4.17. The maximum absolute atomic E-state index is 4.17. The topological polar surface area (TPSA) is 0 Å². The van der Waals surface area contributed by atoms with Gasteiger partial charge in [-0.05, 0) is 0 Å². The summed E-state index contributed by atoms with van der Waals surface area (Å²) in [6.45, 7) is 11.0. The minimum atomic E-state index is 1.00. The van der Waals surface area contributed by atoms with E-state index in [1.165, 1.54) is 18.0 Å². The standard InChI is InChI=1S/2C3H7.S.W/c2*1-3-2;;/h2*1,3H2,2H3;;/q2*-1;;. The van der Waals surface area contributed by atoms with E-state index in [1.807, 2.05) is 13.8 Å². The first-order chi connectivity index (χ1) is 3.83. The van der Waals surface area contributed by atoms with Crippen LogP contribution >= 0.6 is 9.82 Å². The summed E-state index contributed by atoms with van der Waals surface area (Å²) in [5, 5.41) is 0. The predicted molar refractivity (Wildman–Crippen MR) is 38.9 cm³/mol. The summed E-state index contributed by atoms with van der Waals surface area (Å²) in [7, 11) is 4.17. The number of hydrogen-bond donors (Lipinski definition) is 0. The van der Waals surface area contributed by atoms with E-state index in [1.54, 1.807) is 0 Å². The molecule has 0 rings (SSSR count). The van der Waals surface area contributed by atoms with Gasteiger partial charge in [-0.25, -0.2) is 0 Å². The summed E-state index contributed by atoms with van der Waals surface area (Å²) < 4.78 is 0. The Labute approximate surface area is 68.4 Å². The van der Waals surface area contributed by atoms with Crippen LogP contribution in [0.25, 0.3) is 0 Å². The molecular weight excluding hydrogens is 288 g/mol. The van der Waals surface area contributed by atoms with Crippen molar-refractivity contribution in [1.29, 1.82) is 0 Å². The van der Waals surface area contributed by atoms with Crippen LogP contribution in [0.3, 0.4) is 0 Å². The second kappa shape index (κ2) is 44.6. The molecule has 0 aromatic heterocycles. The molecule has 0 spiro atoms. The third-order valence-electron chi connectivity index (χ3n) is 0. The van der Waals surface area contributed by atoms with Crippen molar-refractivity contribution in [1.82, 2.24) is 0 Å². The fourth-order valence-electron chi connectivity index (χ4n) is 0. The first-order valence-corrected chi connectivity index (χ1v) is 6.51. The molecule has 0 N–H and O–H groups in total. The van der Waals surface area contributed by atoms with E-state index in [0.717, 1.165) is 12.8 Å². The summed E-state index contributed by atoms with van der Waals surface area (Å²) in [5.41, 5.74) is 0. The van der Waals surface area contributed by atoms with Gasteiger partial charge in [0.05, 0.1) is 0 Å². The molecule has 0 aliphatic carbocycles. The Morgan fingerprint density at radius 3 is 1.12 bits per heavy atom. The fourth-order valence-corrected chi connectivity index (χ4v) is 0. The number of hydrogen-bond acceptors (Lipinski definition) is 1. The zero-order chi connectivity index (χ0) is 7.41. The van der Waals surface area contributed by atoms with Crippen LogP contribution in [-0.4, -0.2) is 0 Å². The monoisotopic (exact) mass is 302 g/mol. The van der Waals surface area contributed by atoms with E-state index >= 15 is 0 Å². The van der Waals surface area contributed by atoms with Crippen molar-refractivity contribution in [2.75, 3.05) is 0 Å². The van der Waals surface area contributed by atoms with Gasteiger partial charge >= 0.3 is 27.8 Å². The molecule has 0 unspecified atom stereocenters. The van der Waals surface area contributed by atoms with Crippen molar-refractivity contribution >= 4 is 9.82 Å². The molecule has 0 amide bonds. The first-order valence-electron chi connectivity index (χ1n) is 2.58. The van der Waals surface area contributed by atoms with Gasteiger partial charge < -0.3 is 13.8 Å². The molecule has 0 saturated heterocycles. The second-order valence-electron chi connectivity index (χ2n) is 1.000. The molecule has 52 valence electrons. The zero-order valence-corrected chi connectivity index (χ0v) is 9.39. The third-order valence-corrected chi connectivity index (χ3v) is 0. The zero-order valence-electron chi connectivity index (χ0n) is 5.64.